The van der Waals surface area contributed by atoms with Crippen LogP contribution in [0.25, 0.3) is 16.8 Å². The third-order valence-electron chi connectivity index (χ3n) is 6.19. The van der Waals surface area contributed by atoms with Gasteiger partial charge in [-0.2, -0.15) is 9.78 Å². The highest BCUT2D eigenvalue weighted by Crippen LogP contribution is 2.48. The molecule has 1 aliphatic carbocycles. The molecule has 0 unspecified atom stereocenters. The van der Waals surface area contributed by atoms with Gasteiger partial charge >= 0.3 is 5.97 Å². The van der Waals surface area contributed by atoms with Crippen LogP contribution in [0.15, 0.2) is 66.7 Å². The Hall–Kier alpha value is -4.66. The van der Waals surface area contributed by atoms with Crippen molar-refractivity contribution < 1.29 is 28.2 Å². The van der Waals surface area contributed by atoms with E-state index in [1.807, 2.05) is 12.1 Å². The molecule has 0 radical (unpaired) electrons. The van der Waals surface area contributed by atoms with Crippen molar-refractivity contribution in [3.63, 3.8) is 0 Å². The lowest BCUT2D eigenvalue weighted by atomic mass is 10.0. The van der Waals surface area contributed by atoms with Crippen molar-refractivity contribution in [3.05, 3.63) is 83.8 Å². The van der Waals surface area contributed by atoms with Crippen molar-refractivity contribution in [2.75, 3.05) is 12.1 Å². The van der Waals surface area contributed by atoms with Gasteiger partial charge in [0.05, 0.1) is 16.9 Å². The molecule has 1 N–H and O–H groups in total. The largest absolute Gasteiger partial charge is 0.454 e. The van der Waals surface area contributed by atoms with Gasteiger partial charge < -0.3 is 19.5 Å². The maximum absolute atomic E-state index is 14.0. The predicted molar refractivity (Wildman–Crippen MR) is 133 cm³/mol. The quantitative estimate of drug-likeness (QED) is 0.354. The Labute approximate surface area is 211 Å². The summed E-state index contributed by atoms with van der Waals surface area (Å²) in [6.45, 7) is 1.45. The first-order valence-corrected chi connectivity index (χ1v) is 11.8. The normalized spacial score (nSPS) is 13.9. The minimum absolute atomic E-state index is 0.135. The summed E-state index contributed by atoms with van der Waals surface area (Å²) in [7, 11) is 0. The molecule has 3 aromatic carbocycles. The highest BCUT2D eigenvalue weighted by molar-refractivity contribution is 6.04. The highest BCUT2D eigenvalue weighted by Gasteiger charge is 2.34. The number of nitrogens with zero attached hydrogens (tertiary/aromatic N) is 2. The second kappa shape index (κ2) is 9.09. The molecule has 0 spiro atoms. The molecule has 1 aliphatic heterocycles. The van der Waals surface area contributed by atoms with Crippen molar-refractivity contribution in [3.8, 4) is 34.2 Å². The Morgan fingerprint density at radius 1 is 1.03 bits per heavy atom. The zero-order valence-corrected chi connectivity index (χ0v) is 19.9. The van der Waals surface area contributed by atoms with Crippen LogP contribution in [0.3, 0.4) is 0 Å². The number of hydrogen-bond donors (Lipinski definition) is 1. The topological polar surface area (TPSA) is 91.7 Å². The Morgan fingerprint density at radius 2 is 1.81 bits per heavy atom. The van der Waals surface area contributed by atoms with Gasteiger partial charge in [-0.1, -0.05) is 18.2 Å². The average Bonchev–Trinajstić information content (AvgIpc) is 3.50. The fraction of sp³-hybridized carbons (Fsp3) is 0.179. The number of benzene rings is 3. The van der Waals surface area contributed by atoms with E-state index in [4.69, 9.17) is 19.3 Å². The van der Waals surface area contributed by atoms with Crippen molar-refractivity contribution in [1.29, 1.82) is 0 Å². The summed E-state index contributed by atoms with van der Waals surface area (Å²) in [4.78, 5) is 24.8. The second-order valence-corrected chi connectivity index (χ2v) is 8.92. The van der Waals surface area contributed by atoms with E-state index in [1.165, 1.54) is 23.7 Å². The molecule has 1 fully saturated rings. The zero-order valence-electron chi connectivity index (χ0n) is 19.9. The maximum atomic E-state index is 14.0. The van der Waals surface area contributed by atoms with E-state index in [-0.39, 0.29) is 24.5 Å². The third kappa shape index (κ3) is 4.51. The van der Waals surface area contributed by atoms with Gasteiger partial charge in [0.1, 0.15) is 5.82 Å². The van der Waals surface area contributed by atoms with Crippen molar-refractivity contribution in [2.24, 2.45) is 0 Å². The molecule has 8 nitrogen and oxygen atoms in total. The number of ether oxygens (including phenoxy) is 3. The van der Waals surface area contributed by atoms with Crippen molar-refractivity contribution in [1.82, 2.24) is 9.78 Å². The fourth-order valence-corrected chi connectivity index (χ4v) is 4.31. The molecule has 37 heavy (non-hydrogen) atoms. The van der Waals surface area contributed by atoms with Crippen LogP contribution in [0.1, 0.15) is 41.7 Å². The Balaban J connectivity index is 1.33. The van der Waals surface area contributed by atoms with Gasteiger partial charge in [0.15, 0.2) is 11.5 Å². The number of halogens is 1. The Kier molecular flexibility index (Phi) is 5.60. The lowest BCUT2D eigenvalue weighted by Crippen LogP contribution is -2.11. The van der Waals surface area contributed by atoms with Crippen LogP contribution in [-0.2, 0) is 4.79 Å². The fourth-order valence-electron chi connectivity index (χ4n) is 4.31. The van der Waals surface area contributed by atoms with E-state index >= 15 is 0 Å². The predicted octanol–water partition coefficient (Wildman–Crippen LogP) is 5.46. The average molecular weight is 499 g/mol. The van der Waals surface area contributed by atoms with Gasteiger partial charge in [-0.05, 0) is 66.9 Å². The molecule has 1 amide bonds. The minimum Gasteiger partial charge on any atom is -0.454 e. The van der Waals surface area contributed by atoms with Gasteiger partial charge in [0.25, 0.3) is 5.91 Å². The van der Waals surface area contributed by atoms with E-state index in [9.17, 15) is 14.0 Å². The van der Waals surface area contributed by atoms with Gasteiger partial charge in [0, 0.05) is 24.1 Å². The van der Waals surface area contributed by atoms with E-state index in [2.05, 4.69) is 5.32 Å². The summed E-state index contributed by atoms with van der Waals surface area (Å²) in [6.07, 6.45) is 1.94. The monoisotopic (exact) mass is 499 g/mol. The summed E-state index contributed by atoms with van der Waals surface area (Å²) in [6, 6.07) is 18.2. The number of fused-ring (bicyclic) bond motifs is 1. The molecule has 0 bridgehead atoms. The van der Waals surface area contributed by atoms with Crippen LogP contribution in [0.4, 0.5) is 10.1 Å². The molecule has 2 heterocycles. The van der Waals surface area contributed by atoms with Gasteiger partial charge in [-0.25, -0.2) is 4.39 Å². The summed E-state index contributed by atoms with van der Waals surface area (Å²) < 4.78 is 31.7. The Bertz CT molecular complexity index is 1530. The number of carbonyl (C=O) groups is 2. The molecule has 9 heteroatoms. The number of anilines is 1. The van der Waals surface area contributed by atoms with Crippen molar-refractivity contribution in [2.45, 2.75) is 25.7 Å². The van der Waals surface area contributed by atoms with E-state index in [0.29, 0.717) is 34.0 Å². The zero-order chi connectivity index (χ0) is 25.5. The van der Waals surface area contributed by atoms with Crippen LogP contribution in [0.5, 0.6) is 17.4 Å². The number of nitrogens with one attached hydrogen (secondary N) is 1. The van der Waals surface area contributed by atoms with Crippen LogP contribution < -0.4 is 19.5 Å². The smallest absolute Gasteiger partial charge is 0.309 e. The standard InChI is InChI=1S/C28H22FN3O5/c1-16(33)37-28-25(26(18-5-6-18)31-32(28)22-4-2-3-20(29)14-22)17-7-10-21(11-8-17)30-27(34)19-9-12-23-24(13-19)36-15-35-23/h2-4,7-14,18H,5-6,15H2,1H3,(H,30,34). The molecular formula is C28H22FN3O5. The van der Waals surface area contributed by atoms with Crippen molar-refractivity contribution >= 4 is 17.6 Å². The SMILES string of the molecule is CC(=O)Oc1c(-c2ccc(NC(=O)c3ccc4c(c3)OCO4)cc2)c(C2CC2)nn1-c1cccc(F)c1. The van der Waals surface area contributed by atoms with Crippen LogP contribution in [0.2, 0.25) is 0 Å². The van der Waals surface area contributed by atoms with Crippen LogP contribution >= 0.6 is 0 Å². The van der Waals surface area contributed by atoms with E-state index in [0.717, 1.165) is 24.1 Å². The molecule has 0 saturated heterocycles. The third-order valence-corrected chi connectivity index (χ3v) is 6.19. The number of amides is 1. The lowest BCUT2D eigenvalue weighted by Gasteiger charge is -2.11. The molecule has 1 aromatic heterocycles. The molecule has 186 valence electrons. The number of rotatable bonds is 6. The highest BCUT2D eigenvalue weighted by atomic mass is 19.1. The number of hydrogen-bond acceptors (Lipinski definition) is 6. The molecule has 2 aliphatic rings. The molecule has 4 aromatic rings. The first-order valence-electron chi connectivity index (χ1n) is 11.8. The first kappa shape index (κ1) is 22.8. The maximum Gasteiger partial charge on any atom is 0.309 e. The van der Waals surface area contributed by atoms with Crippen LogP contribution in [-0.4, -0.2) is 28.4 Å². The Morgan fingerprint density at radius 3 is 2.54 bits per heavy atom. The number of aromatic nitrogens is 2. The second-order valence-electron chi connectivity index (χ2n) is 8.92. The van der Waals surface area contributed by atoms with E-state index in [1.54, 1.807) is 42.5 Å². The summed E-state index contributed by atoms with van der Waals surface area (Å²) in [5.74, 6) is 0.386. The van der Waals surface area contributed by atoms with Gasteiger partial charge in [-0.3, -0.25) is 9.59 Å². The summed E-state index contributed by atoms with van der Waals surface area (Å²) in [5, 5.41) is 7.61. The lowest BCUT2D eigenvalue weighted by molar-refractivity contribution is -0.132. The first-order chi connectivity index (χ1) is 18.0. The van der Waals surface area contributed by atoms with Crippen LogP contribution in [0, 0.1) is 5.82 Å². The van der Waals surface area contributed by atoms with E-state index < -0.39 is 11.8 Å². The van der Waals surface area contributed by atoms with Gasteiger partial charge in [-0.15, -0.1) is 0 Å². The molecular weight excluding hydrogens is 477 g/mol. The van der Waals surface area contributed by atoms with Gasteiger partial charge in [0.2, 0.25) is 12.7 Å². The molecule has 1 saturated carbocycles. The summed E-state index contributed by atoms with van der Waals surface area (Å²) in [5.41, 5.74) is 3.72. The number of esters is 1. The molecule has 6 rings (SSSR count). The number of carbonyl (C=O) groups excluding carboxylic acids is 2. The molecule has 0 atom stereocenters. The minimum atomic E-state index is -0.506. The summed E-state index contributed by atoms with van der Waals surface area (Å²) >= 11 is 0.